The molecule has 2 rings (SSSR count). The first kappa shape index (κ1) is 18.9. The van der Waals surface area contributed by atoms with E-state index in [-0.39, 0.29) is 28.8 Å². The molecule has 0 saturated carbocycles. The molecule has 2 aromatic rings. The van der Waals surface area contributed by atoms with Gasteiger partial charge < -0.3 is 19.3 Å². The largest absolute Gasteiger partial charge is 0.497 e. The minimum absolute atomic E-state index is 0.0310. The van der Waals surface area contributed by atoms with Crippen LogP contribution in [0.5, 0.6) is 5.75 Å². The van der Waals surface area contributed by atoms with Crippen molar-refractivity contribution in [2.45, 2.75) is 11.3 Å². The maximum absolute atomic E-state index is 12.3. The maximum Gasteiger partial charge on any atom is 0.315 e. The van der Waals surface area contributed by atoms with Crippen LogP contribution in [0.4, 0.5) is 0 Å². The van der Waals surface area contributed by atoms with Crippen LogP contribution in [-0.4, -0.2) is 57.6 Å². The molecule has 0 aliphatic rings. The van der Waals surface area contributed by atoms with Gasteiger partial charge in [-0.1, -0.05) is 5.16 Å². The molecular formula is C15H19N3O6S. The Labute approximate surface area is 145 Å². The van der Waals surface area contributed by atoms with E-state index in [1.165, 1.54) is 26.4 Å². The highest BCUT2D eigenvalue weighted by Crippen LogP contribution is 2.17. The van der Waals surface area contributed by atoms with Crippen molar-refractivity contribution in [3.05, 3.63) is 36.0 Å². The lowest BCUT2D eigenvalue weighted by Crippen LogP contribution is -2.27. The Balaban J connectivity index is 1.95. The molecule has 0 bridgehead atoms. The molecular weight excluding hydrogens is 350 g/mol. The number of carbonyl (C=O) groups is 1. The molecule has 0 atom stereocenters. The first-order chi connectivity index (χ1) is 12.0. The molecule has 0 saturated heterocycles. The predicted octanol–water partition coefficient (Wildman–Crippen LogP) is 0.471. The highest BCUT2D eigenvalue weighted by Gasteiger charge is 2.19. The number of hydrogen-bond acceptors (Lipinski definition) is 8. The van der Waals surface area contributed by atoms with Gasteiger partial charge in [-0.3, -0.25) is 4.79 Å². The van der Waals surface area contributed by atoms with E-state index in [1.54, 1.807) is 12.1 Å². The Morgan fingerprint density at radius 2 is 1.96 bits per heavy atom. The van der Waals surface area contributed by atoms with Gasteiger partial charge in [0.05, 0.1) is 24.4 Å². The Hall–Kier alpha value is -2.46. The lowest BCUT2D eigenvalue weighted by atomic mass is 10.3. The number of nitrogens with zero attached hydrogens (tertiary/aromatic N) is 2. The SMILES string of the molecule is COCCNC(=O)c1nc(CCS(=O)(=O)c2ccc(OC)cc2)no1. The Morgan fingerprint density at radius 3 is 2.60 bits per heavy atom. The van der Waals surface area contributed by atoms with Crippen LogP contribution in [0.15, 0.2) is 33.7 Å². The van der Waals surface area contributed by atoms with Crippen LogP contribution in [0.3, 0.4) is 0 Å². The maximum atomic E-state index is 12.3. The van der Waals surface area contributed by atoms with E-state index in [9.17, 15) is 13.2 Å². The van der Waals surface area contributed by atoms with Gasteiger partial charge in [0.25, 0.3) is 0 Å². The van der Waals surface area contributed by atoms with E-state index in [0.29, 0.717) is 18.9 Å². The van der Waals surface area contributed by atoms with Gasteiger partial charge in [-0.15, -0.1) is 0 Å². The number of amides is 1. The molecule has 1 N–H and O–H groups in total. The average molecular weight is 369 g/mol. The number of aromatic nitrogens is 2. The van der Waals surface area contributed by atoms with E-state index in [4.69, 9.17) is 14.0 Å². The molecule has 9 nitrogen and oxygen atoms in total. The topological polar surface area (TPSA) is 121 Å². The zero-order chi connectivity index (χ0) is 18.3. The summed E-state index contributed by atoms with van der Waals surface area (Å²) in [7, 11) is -0.489. The molecule has 0 fully saturated rings. The van der Waals surface area contributed by atoms with Crippen molar-refractivity contribution >= 4 is 15.7 Å². The molecule has 1 heterocycles. The van der Waals surface area contributed by atoms with Crippen molar-refractivity contribution in [1.29, 1.82) is 0 Å². The van der Waals surface area contributed by atoms with Crippen molar-refractivity contribution in [2.75, 3.05) is 33.1 Å². The first-order valence-electron chi connectivity index (χ1n) is 7.43. The van der Waals surface area contributed by atoms with Crippen LogP contribution in [0, 0.1) is 0 Å². The zero-order valence-corrected chi connectivity index (χ0v) is 14.7. The Kier molecular flexibility index (Phi) is 6.48. The van der Waals surface area contributed by atoms with Crippen molar-refractivity contribution < 1.29 is 27.2 Å². The summed E-state index contributed by atoms with van der Waals surface area (Å²) in [5, 5.41) is 6.16. The number of hydrogen-bond donors (Lipinski definition) is 1. The molecule has 1 aromatic carbocycles. The van der Waals surface area contributed by atoms with E-state index in [2.05, 4.69) is 15.5 Å². The average Bonchev–Trinajstić information content (AvgIpc) is 3.09. The first-order valence-corrected chi connectivity index (χ1v) is 9.08. The van der Waals surface area contributed by atoms with E-state index >= 15 is 0 Å². The summed E-state index contributed by atoms with van der Waals surface area (Å²) in [5.41, 5.74) is 0. The standard InChI is InChI=1S/C15H19N3O6S/c1-22-9-8-16-14(19)15-17-13(18-24-15)7-10-25(20,21)12-5-3-11(23-2)4-6-12/h3-6H,7-10H2,1-2H3,(H,16,19). The summed E-state index contributed by atoms with van der Waals surface area (Å²) >= 11 is 0. The van der Waals surface area contributed by atoms with Gasteiger partial charge >= 0.3 is 11.8 Å². The van der Waals surface area contributed by atoms with Crippen molar-refractivity contribution in [1.82, 2.24) is 15.5 Å². The zero-order valence-electron chi connectivity index (χ0n) is 13.9. The fourth-order valence-corrected chi connectivity index (χ4v) is 3.15. The highest BCUT2D eigenvalue weighted by molar-refractivity contribution is 7.91. The number of aryl methyl sites for hydroxylation is 1. The molecule has 1 amide bonds. The minimum atomic E-state index is -3.51. The lowest BCUT2D eigenvalue weighted by molar-refractivity contribution is 0.0893. The molecule has 0 radical (unpaired) electrons. The second-order valence-electron chi connectivity index (χ2n) is 5.01. The molecule has 1 aromatic heterocycles. The monoisotopic (exact) mass is 369 g/mol. The molecule has 25 heavy (non-hydrogen) atoms. The summed E-state index contributed by atoms with van der Waals surface area (Å²) in [6.07, 6.45) is 0.0310. The second-order valence-corrected chi connectivity index (χ2v) is 7.12. The van der Waals surface area contributed by atoms with Crippen molar-refractivity contribution in [3.63, 3.8) is 0 Å². The molecule has 0 spiro atoms. The van der Waals surface area contributed by atoms with Gasteiger partial charge in [0.15, 0.2) is 15.7 Å². The summed E-state index contributed by atoms with van der Waals surface area (Å²) in [6.45, 7) is 0.658. The van der Waals surface area contributed by atoms with Gasteiger partial charge in [0.2, 0.25) is 0 Å². The minimum Gasteiger partial charge on any atom is -0.497 e. The molecule has 0 unspecified atom stereocenters. The quantitative estimate of drug-likeness (QED) is 0.633. The fraction of sp³-hybridized carbons (Fsp3) is 0.400. The third kappa shape index (κ3) is 5.26. The van der Waals surface area contributed by atoms with Gasteiger partial charge in [-0.2, -0.15) is 4.98 Å². The summed E-state index contributed by atoms with van der Waals surface area (Å²) < 4.78 is 39.2. The van der Waals surface area contributed by atoms with E-state index in [0.717, 1.165) is 0 Å². The number of benzene rings is 1. The van der Waals surface area contributed by atoms with Crippen LogP contribution < -0.4 is 10.1 Å². The number of carbonyl (C=O) groups excluding carboxylic acids is 1. The molecule has 10 heteroatoms. The predicted molar refractivity (Wildman–Crippen MR) is 87.3 cm³/mol. The van der Waals surface area contributed by atoms with Crippen LogP contribution >= 0.6 is 0 Å². The van der Waals surface area contributed by atoms with E-state index in [1.807, 2.05) is 0 Å². The van der Waals surface area contributed by atoms with Crippen LogP contribution in [-0.2, 0) is 21.0 Å². The third-order valence-corrected chi connectivity index (χ3v) is 5.00. The number of rotatable bonds is 9. The van der Waals surface area contributed by atoms with Crippen LogP contribution in [0.25, 0.3) is 0 Å². The molecule has 0 aliphatic heterocycles. The number of methoxy groups -OCH3 is 2. The van der Waals surface area contributed by atoms with Gasteiger partial charge in [-0.05, 0) is 24.3 Å². The molecule has 136 valence electrons. The number of sulfone groups is 1. The summed E-state index contributed by atoms with van der Waals surface area (Å²) in [5.74, 6) is -0.235. The summed E-state index contributed by atoms with van der Waals surface area (Å²) in [4.78, 5) is 15.8. The van der Waals surface area contributed by atoms with Gasteiger partial charge in [0.1, 0.15) is 5.75 Å². The third-order valence-electron chi connectivity index (χ3n) is 3.27. The van der Waals surface area contributed by atoms with Crippen LogP contribution in [0.2, 0.25) is 0 Å². The fourth-order valence-electron chi connectivity index (χ4n) is 1.92. The number of ether oxygens (including phenoxy) is 2. The van der Waals surface area contributed by atoms with E-state index < -0.39 is 15.7 Å². The summed E-state index contributed by atoms with van der Waals surface area (Å²) in [6, 6.07) is 6.09. The van der Waals surface area contributed by atoms with Crippen LogP contribution in [0.1, 0.15) is 16.5 Å². The van der Waals surface area contributed by atoms with Gasteiger partial charge in [-0.25, -0.2) is 8.42 Å². The Morgan fingerprint density at radius 1 is 1.24 bits per heavy atom. The second kappa shape index (κ2) is 8.58. The smallest absolute Gasteiger partial charge is 0.315 e. The van der Waals surface area contributed by atoms with Crippen molar-refractivity contribution in [3.8, 4) is 5.75 Å². The highest BCUT2D eigenvalue weighted by atomic mass is 32.2. The van der Waals surface area contributed by atoms with Crippen molar-refractivity contribution in [2.24, 2.45) is 0 Å². The normalized spacial score (nSPS) is 11.3. The molecule has 0 aliphatic carbocycles. The van der Waals surface area contributed by atoms with Gasteiger partial charge in [0, 0.05) is 20.1 Å². The Bertz CT molecular complexity index is 801. The lowest BCUT2D eigenvalue weighted by Gasteiger charge is -2.04. The number of nitrogens with one attached hydrogen (secondary N) is 1.